The Hall–Kier alpha value is -6.65. The molecule has 2 fully saturated rings. The van der Waals surface area contributed by atoms with Gasteiger partial charge in [-0.2, -0.15) is 0 Å². The minimum Gasteiger partial charge on any atom is -0.493 e. The number of aromatic nitrogens is 2. The number of fused-ring (bicyclic) bond motifs is 1. The third-order valence-electron chi connectivity index (χ3n) is 11.8. The van der Waals surface area contributed by atoms with E-state index < -0.39 is 17.5 Å². The van der Waals surface area contributed by atoms with Crippen LogP contribution in [-0.2, 0) is 27.1 Å². The minimum absolute atomic E-state index is 0.117. The predicted molar refractivity (Wildman–Crippen MR) is 232 cm³/mol. The van der Waals surface area contributed by atoms with E-state index in [1.165, 1.54) is 33.5 Å². The van der Waals surface area contributed by atoms with Gasteiger partial charge in [0.1, 0.15) is 17.2 Å². The number of amides is 1. The molecule has 0 saturated carbocycles. The van der Waals surface area contributed by atoms with Gasteiger partial charge in [-0.25, -0.2) is 19.0 Å². The molecule has 4 aromatic carbocycles. The fourth-order valence-electron chi connectivity index (χ4n) is 8.43. The lowest BCUT2D eigenvalue weighted by Gasteiger charge is -2.40. The lowest BCUT2D eigenvalue weighted by atomic mass is 9.76. The number of aliphatic carboxylic acids is 2. The number of piperidine rings is 1. The first-order valence-electron chi connectivity index (χ1n) is 20.4. The summed E-state index contributed by atoms with van der Waals surface area (Å²) in [6.45, 7) is 3.65. The van der Waals surface area contributed by atoms with Gasteiger partial charge in [0.05, 0.1) is 46.6 Å². The molecule has 63 heavy (non-hydrogen) atoms. The topological polar surface area (TPSA) is 182 Å². The second kappa shape index (κ2) is 20.0. The van der Waals surface area contributed by atoms with Crippen LogP contribution in [0.2, 0.25) is 0 Å². The molecule has 0 radical (unpaired) electrons. The maximum Gasteiger partial charge on any atom is 0.328 e. The quantitative estimate of drug-likeness (QED) is 0.102. The molecule has 0 aliphatic carbocycles. The van der Waals surface area contributed by atoms with Gasteiger partial charge in [-0.3, -0.25) is 4.79 Å². The first kappa shape index (κ1) is 45.9. The second-order valence-electron chi connectivity index (χ2n) is 15.5. The normalized spacial score (nSPS) is 17.2. The van der Waals surface area contributed by atoms with Gasteiger partial charge >= 0.3 is 11.9 Å². The number of halogens is 1. The molecule has 7 rings (SSSR count). The van der Waals surface area contributed by atoms with E-state index >= 15 is 0 Å². The van der Waals surface area contributed by atoms with Crippen LogP contribution < -0.4 is 23.7 Å². The lowest BCUT2D eigenvalue weighted by Crippen LogP contribution is -2.45. The van der Waals surface area contributed by atoms with Gasteiger partial charge < -0.3 is 53.4 Å². The van der Waals surface area contributed by atoms with Crippen LogP contribution in [0.3, 0.4) is 0 Å². The van der Waals surface area contributed by atoms with E-state index in [9.17, 15) is 23.9 Å². The molecule has 5 aromatic rings. The number of likely N-dealkylation sites (tertiary alicyclic amines) is 2. The van der Waals surface area contributed by atoms with Crippen LogP contribution in [0.4, 0.5) is 4.39 Å². The summed E-state index contributed by atoms with van der Waals surface area (Å²) in [7, 11) is 7.86. The van der Waals surface area contributed by atoms with Gasteiger partial charge in [-0.1, -0.05) is 30.3 Å². The Bertz CT molecular complexity index is 2400. The van der Waals surface area contributed by atoms with E-state index in [4.69, 9.17) is 38.9 Å². The SMILES string of the molecule is COc1ccc(C2(CCN3CCC(O)(c4nc5ccccc5n4Cc4ccc(F)cc4)CC3)CCN(C(=O)c3cc(OC)c(OC)c(OC)c3)C2)cc1OC.O=C(O)C=CC(=O)O. The van der Waals surface area contributed by atoms with Crippen LogP contribution in [0.15, 0.2) is 91.0 Å². The number of ether oxygens (including phenoxy) is 5. The Morgan fingerprint density at radius 1 is 0.746 bits per heavy atom. The van der Waals surface area contributed by atoms with Crippen molar-refractivity contribution in [3.63, 3.8) is 0 Å². The van der Waals surface area contributed by atoms with Crippen molar-refractivity contribution >= 4 is 28.9 Å². The molecule has 2 aliphatic heterocycles. The molecular weight excluding hydrogens is 816 g/mol. The molecule has 3 heterocycles. The van der Waals surface area contributed by atoms with Crippen LogP contribution in [0.1, 0.15) is 53.0 Å². The van der Waals surface area contributed by atoms with Crippen molar-refractivity contribution in [2.75, 3.05) is 68.3 Å². The van der Waals surface area contributed by atoms with E-state index in [1.807, 2.05) is 41.3 Å². The average Bonchev–Trinajstić information content (AvgIpc) is 3.91. The Morgan fingerprint density at radius 3 is 1.95 bits per heavy atom. The molecule has 16 heteroatoms. The van der Waals surface area contributed by atoms with Crippen molar-refractivity contribution in [1.82, 2.24) is 19.4 Å². The molecule has 0 bridgehead atoms. The zero-order valence-corrected chi connectivity index (χ0v) is 36.0. The zero-order valence-electron chi connectivity index (χ0n) is 36.0. The molecular formula is C47H53FN4O11. The van der Waals surface area contributed by atoms with Gasteiger partial charge in [0.25, 0.3) is 5.91 Å². The van der Waals surface area contributed by atoms with E-state index in [0.29, 0.717) is 97.9 Å². The monoisotopic (exact) mass is 868 g/mol. The highest BCUT2D eigenvalue weighted by Gasteiger charge is 2.44. The minimum atomic E-state index is -1.26. The van der Waals surface area contributed by atoms with E-state index in [2.05, 4.69) is 15.5 Å². The number of rotatable bonds is 15. The lowest BCUT2D eigenvalue weighted by molar-refractivity contribution is -0.134. The number of para-hydroxylation sites is 2. The number of hydrogen-bond donors (Lipinski definition) is 3. The average molecular weight is 869 g/mol. The molecule has 1 amide bonds. The fraction of sp³-hybridized carbons (Fsp3) is 0.362. The standard InChI is InChI=1S/C43H49FN4O7.C4H4O4/c1-51-35-15-12-31(26-36(35)52-2)42(17-23-47(28-42)40(49)30-24-37(53-3)39(55-5)38(25-30)54-4)16-20-46-21-18-43(50,19-22-46)41-45-33-8-6-7-9-34(33)48(41)27-29-10-13-32(44)14-11-29;5-3(6)1-2-4(7)8/h6-15,24-26,50H,16-23,27-28H2,1-5H3;1-2H,(H,5,6)(H,7,8). The van der Waals surface area contributed by atoms with Crippen LogP contribution in [0.25, 0.3) is 11.0 Å². The molecule has 1 atom stereocenters. The van der Waals surface area contributed by atoms with Crippen molar-refractivity contribution in [1.29, 1.82) is 0 Å². The number of carboxylic acids is 2. The Kier molecular flexibility index (Phi) is 14.6. The number of carboxylic acid groups (broad SMARTS) is 2. The van der Waals surface area contributed by atoms with Crippen LogP contribution >= 0.6 is 0 Å². The molecule has 0 spiro atoms. The summed E-state index contributed by atoms with van der Waals surface area (Å²) in [5.41, 5.74) is 2.72. The molecule has 2 saturated heterocycles. The van der Waals surface area contributed by atoms with E-state index in [-0.39, 0.29) is 17.1 Å². The summed E-state index contributed by atoms with van der Waals surface area (Å²) in [6.07, 6.45) is 3.67. The van der Waals surface area contributed by atoms with Crippen molar-refractivity contribution in [3.05, 3.63) is 119 Å². The summed E-state index contributed by atoms with van der Waals surface area (Å²) < 4.78 is 43.7. The molecule has 1 aromatic heterocycles. The Balaban J connectivity index is 0.000000753. The number of carbonyl (C=O) groups is 3. The van der Waals surface area contributed by atoms with Gasteiger partial charge in [-0.15, -0.1) is 0 Å². The van der Waals surface area contributed by atoms with Crippen LogP contribution in [-0.4, -0.2) is 121 Å². The third kappa shape index (κ3) is 10.4. The summed E-state index contributed by atoms with van der Waals surface area (Å²) in [4.78, 5) is 42.5. The summed E-state index contributed by atoms with van der Waals surface area (Å²) >= 11 is 0. The highest BCUT2D eigenvalue weighted by molar-refractivity contribution is 5.96. The zero-order chi connectivity index (χ0) is 45.3. The number of hydrogen-bond acceptors (Lipinski definition) is 11. The van der Waals surface area contributed by atoms with Gasteiger partial charge in [-0.05, 0) is 91.9 Å². The van der Waals surface area contributed by atoms with Crippen molar-refractivity contribution < 1.29 is 57.8 Å². The smallest absolute Gasteiger partial charge is 0.328 e. The number of imidazole rings is 1. The predicted octanol–water partition coefficient (Wildman–Crippen LogP) is 6.14. The molecule has 2 aliphatic rings. The number of nitrogens with zero attached hydrogens (tertiary/aromatic N) is 4. The number of carbonyl (C=O) groups excluding carboxylic acids is 1. The highest BCUT2D eigenvalue weighted by atomic mass is 19.1. The van der Waals surface area contributed by atoms with Crippen LogP contribution in [0.5, 0.6) is 28.7 Å². The Labute approximate surface area is 364 Å². The summed E-state index contributed by atoms with van der Waals surface area (Å²) in [6, 6.07) is 23.8. The summed E-state index contributed by atoms with van der Waals surface area (Å²) in [5.74, 6) is 0.281. The fourth-order valence-corrected chi connectivity index (χ4v) is 8.43. The first-order chi connectivity index (χ1) is 30.3. The third-order valence-corrected chi connectivity index (χ3v) is 11.8. The van der Waals surface area contributed by atoms with Crippen molar-refractivity contribution in [2.45, 2.75) is 43.2 Å². The second-order valence-corrected chi connectivity index (χ2v) is 15.5. The molecule has 15 nitrogen and oxygen atoms in total. The van der Waals surface area contributed by atoms with Crippen LogP contribution in [0, 0.1) is 5.82 Å². The van der Waals surface area contributed by atoms with Gasteiger partial charge in [0, 0.05) is 55.9 Å². The summed E-state index contributed by atoms with van der Waals surface area (Å²) in [5, 5.41) is 27.9. The number of aliphatic hydroxyl groups is 1. The van der Waals surface area contributed by atoms with Crippen molar-refractivity contribution in [3.8, 4) is 28.7 Å². The molecule has 3 N–H and O–H groups in total. The van der Waals surface area contributed by atoms with Gasteiger partial charge in [0.15, 0.2) is 23.0 Å². The van der Waals surface area contributed by atoms with Crippen molar-refractivity contribution in [2.24, 2.45) is 0 Å². The van der Waals surface area contributed by atoms with E-state index in [1.54, 1.807) is 38.5 Å². The van der Waals surface area contributed by atoms with Gasteiger partial charge in [0.2, 0.25) is 5.75 Å². The molecule has 334 valence electrons. The molecule has 1 unspecified atom stereocenters. The largest absolute Gasteiger partial charge is 0.493 e. The first-order valence-corrected chi connectivity index (χ1v) is 20.4. The maximum absolute atomic E-state index is 14.1. The highest BCUT2D eigenvalue weighted by Crippen LogP contribution is 2.44. The maximum atomic E-state index is 14.1. The number of benzene rings is 4. The Morgan fingerprint density at radius 2 is 1.37 bits per heavy atom. The van der Waals surface area contributed by atoms with E-state index in [0.717, 1.165) is 41.5 Å². The number of methoxy groups -OCH3 is 5.